The zero-order valence-electron chi connectivity index (χ0n) is 15.4. The number of nitro groups is 1. The van der Waals surface area contributed by atoms with Gasteiger partial charge >= 0.3 is 0 Å². The van der Waals surface area contributed by atoms with Crippen molar-refractivity contribution in [1.82, 2.24) is 0 Å². The fourth-order valence-corrected chi connectivity index (χ4v) is 2.96. The zero-order valence-corrected chi connectivity index (χ0v) is 16.2. The molecule has 0 spiro atoms. The van der Waals surface area contributed by atoms with Crippen LogP contribution >= 0.6 is 0 Å². The smallest absolute Gasteiger partial charge is 0.273 e. The molecule has 2 aromatic rings. The third-order valence-electron chi connectivity index (χ3n) is 3.96. The highest BCUT2D eigenvalue weighted by molar-refractivity contribution is 7.89. The van der Waals surface area contributed by atoms with Crippen molar-refractivity contribution in [1.29, 1.82) is 0 Å². The van der Waals surface area contributed by atoms with Crippen LogP contribution in [0.3, 0.4) is 0 Å². The number of ether oxygens (including phenoxy) is 2. The largest absolute Gasteiger partial charge is 0.493 e. The molecule has 2 rings (SSSR count). The number of anilines is 1. The number of benzene rings is 2. The number of non-ortho nitro benzene ring substituents is 1. The summed E-state index contributed by atoms with van der Waals surface area (Å²) < 4.78 is 33.5. The van der Waals surface area contributed by atoms with Crippen molar-refractivity contribution in [2.45, 2.75) is 18.7 Å². The Morgan fingerprint density at radius 1 is 1.21 bits per heavy atom. The predicted molar refractivity (Wildman–Crippen MR) is 101 cm³/mol. The van der Waals surface area contributed by atoms with Gasteiger partial charge in [-0.1, -0.05) is 0 Å². The first-order valence-corrected chi connectivity index (χ1v) is 9.46. The van der Waals surface area contributed by atoms with Gasteiger partial charge in [0.05, 0.1) is 23.0 Å². The summed E-state index contributed by atoms with van der Waals surface area (Å²) in [7, 11) is -2.58. The number of sulfonamides is 1. The number of aryl methyl sites for hydroxylation is 1. The molecular formula is C17H19N3O7S. The molecule has 0 unspecified atom stereocenters. The van der Waals surface area contributed by atoms with E-state index in [0.29, 0.717) is 11.1 Å². The molecular weight excluding hydrogens is 390 g/mol. The van der Waals surface area contributed by atoms with Crippen LogP contribution in [0.25, 0.3) is 0 Å². The lowest BCUT2D eigenvalue weighted by molar-refractivity contribution is -0.385. The molecule has 150 valence electrons. The van der Waals surface area contributed by atoms with Crippen molar-refractivity contribution in [3.63, 3.8) is 0 Å². The van der Waals surface area contributed by atoms with Gasteiger partial charge in [0.25, 0.3) is 11.6 Å². The normalized spacial score (nSPS) is 11.0. The molecule has 0 aliphatic carbocycles. The fourth-order valence-electron chi connectivity index (χ4n) is 2.34. The summed E-state index contributed by atoms with van der Waals surface area (Å²) in [5, 5.41) is 18.6. The number of nitro benzene ring substituents is 1. The maximum absolute atomic E-state index is 12.2. The summed E-state index contributed by atoms with van der Waals surface area (Å²) in [5.74, 6) is -0.345. The molecule has 28 heavy (non-hydrogen) atoms. The molecule has 2 aromatic carbocycles. The third kappa shape index (κ3) is 4.96. The van der Waals surface area contributed by atoms with Gasteiger partial charge in [-0.3, -0.25) is 14.9 Å². The first-order valence-electron chi connectivity index (χ1n) is 7.92. The van der Waals surface area contributed by atoms with E-state index in [2.05, 4.69) is 5.32 Å². The molecule has 0 saturated heterocycles. The average Bonchev–Trinajstić information content (AvgIpc) is 2.62. The molecule has 10 nitrogen and oxygen atoms in total. The second-order valence-corrected chi connectivity index (χ2v) is 7.45. The number of hydrogen-bond acceptors (Lipinski definition) is 7. The van der Waals surface area contributed by atoms with E-state index in [0.717, 1.165) is 6.07 Å². The van der Waals surface area contributed by atoms with Gasteiger partial charge in [-0.05, 0) is 43.2 Å². The first kappa shape index (κ1) is 21.1. The summed E-state index contributed by atoms with van der Waals surface area (Å²) in [6.07, 6.45) is 0. The summed E-state index contributed by atoms with van der Waals surface area (Å²) >= 11 is 0. The van der Waals surface area contributed by atoms with Crippen LogP contribution in [0.5, 0.6) is 11.5 Å². The second kappa shape index (κ2) is 8.23. The number of nitrogens with one attached hydrogen (secondary N) is 1. The van der Waals surface area contributed by atoms with E-state index < -0.39 is 27.5 Å². The van der Waals surface area contributed by atoms with Gasteiger partial charge in [0.15, 0.2) is 18.1 Å². The molecule has 0 fully saturated rings. The Morgan fingerprint density at radius 2 is 1.89 bits per heavy atom. The fraction of sp³-hybridized carbons (Fsp3) is 0.235. The van der Waals surface area contributed by atoms with Crippen molar-refractivity contribution in [3.05, 3.63) is 51.6 Å². The summed E-state index contributed by atoms with van der Waals surface area (Å²) in [5.41, 5.74) is 1.34. The van der Waals surface area contributed by atoms with E-state index in [1.165, 1.54) is 31.4 Å². The molecule has 11 heteroatoms. The number of nitrogens with zero attached hydrogens (tertiary/aromatic N) is 1. The lowest BCUT2D eigenvalue weighted by Crippen LogP contribution is -2.22. The van der Waals surface area contributed by atoms with Crippen LogP contribution in [-0.2, 0) is 14.8 Å². The van der Waals surface area contributed by atoms with Crippen LogP contribution in [0.4, 0.5) is 11.4 Å². The van der Waals surface area contributed by atoms with E-state index in [4.69, 9.17) is 14.6 Å². The van der Waals surface area contributed by atoms with E-state index in [-0.39, 0.29) is 27.8 Å². The minimum absolute atomic E-state index is 0.0260. The summed E-state index contributed by atoms with van der Waals surface area (Å²) in [4.78, 5) is 22.4. The monoisotopic (exact) mass is 409 g/mol. The van der Waals surface area contributed by atoms with Crippen LogP contribution in [-0.4, -0.2) is 33.0 Å². The molecule has 0 aliphatic rings. The maximum atomic E-state index is 12.2. The van der Waals surface area contributed by atoms with Crippen molar-refractivity contribution < 1.29 is 27.6 Å². The molecule has 0 atom stereocenters. The van der Waals surface area contributed by atoms with Crippen LogP contribution in [0.2, 0.25) is 0 Å². The Kier molecular flexibility index (Phi) is 6.21. The lowest BCUT2D eigenvalue weighted by Gasteiger charge is -2.14. The number of nitrogens with two attached hydrogens (primary N) is 1. The number of carbonyl (C=O) groups is 1. The van der Waals surface area contributed by atoms with Gasteiger partial charge < -0.3 is 14.8 Å². The Hall–Kier alpha value is -3.18. The second-order valence-electron chi connectivity index (χ2n) is 5.89. The van der Waals surface area contributed by atoms with Gasteiger partial charge in [-0.25, -0.2) is 13.6 Å². The van der Waals surface area contributed by atoms with E-state index in [1.54, 1.807) is 13.8 Å². The van der Waals surface area contributed by atoms with Crippen LogP contribution < -0.4 is 19.9 Å². The molecule has 0 heterocycles. The van der Waals surface area contributed by atoms with Crippen LogP contribution in [0.1, 0.15) is 11.1 Å². The highest BCUT2D eigenvalue weighted by Crippen LogP contribution is 2.31. The third-order valence-corrected chi connectivity index (χ3v) is 4.85. The lowest BCUT2D eigenvalue weighted by atomic mass is 10.1. The quantitative estimate of drug-likeness (QED) is 0.523. The molecule has 0 aromatic heterocycles. The topological polar surface area (TPSA) is 151 Å². The average molecular weight is 409 g/mol. The number of carbonyl (C=O) groups excluding carboxylic acids is 1. The van der Waals surface area contributed by atoms with Gasteiger partial charge in [0.2, 0.25) is 10.0 Å². The molecule has 0 saturated carbocycles. The van der Waals surface area contributed by atoms with Gasteiger partial charge in [0, 0.05) is 11.8 Å². The van der Waals surface area contributed by atoms with Crippen molar-refractivity contribution in [3.8, 4) is 11.5 Å². The Bertz CT molecular complexity index is 1040. The maximum Gasteiger partial charge on any atom is 0.273 e. The first-order chi connectivity index (χ1) is 13.0. The molecule has 1 amide bonds. The molecule has 0 aliphatic heterocycles. The Balaban J connectivity index is 2.19. The number of hydrogen-bond donors (Lipinski definition) is 2. The van der Waals surface area contributed by atoms with E-state index in [1.807, 2.05) is 0 Å². The van der Waals surface area contributed by atoms with Gasteiger partial charge in [-0.2, -0.15) is 0 Å². The van der Waals surface area contributed by atoms with Gasteiger partial charge in [-0.15, -0.1) is 0 Å². The molecule has 0 bridgehead atoms. The zero-order chi connectivity index (χ0) is 21.1. The van der Waals surface area contributed by atoms with Crippen molar-refractivity contribution in [2.75, 3.05) is 19.0 Å². The number of rotatable bonds is 7. The number of methoxy groups -OCH3 is 1. The number of amides is 1. The summed E-state index contributed by atoms with van der Waals surface area (Å²) in [6, 6.07) is 6.41. The molecule has 3 N–H and O–H groups in total. The number of primary sulfonamides is 1. The highest BCUT2D eigenvalue weighted by atomic mass is 32.2. The standard InChI is InChI=1S/C17H19N3O7S/c1-10-6-13(28(18,24)25)8-14(11(10)2)19-17(21)9-27-16-7-12(20(22)23)4-5-15(16)26-3/h4-8H,9H2,1-3H3,(H,19,21)(H2,18,24,25). The Labute approximate surface area is 161 Å². The summed E-state index contributed by atoms with van der Waals surface area (Å²) in [6.45, 7) is 2.92. The van der Waals surface area contributed by atoms with Crippen molar-refractivity contribution in [2.24, 2.45) is 5.14 Å². The minimum atomic E-state index is -3.94. The molecule has 0 radical (unpaired) electrons. The van der Waals surface area contributed by atoms with E-state index in [9.17, 15) is 23.3 Å². The van der Waals surface area contributed by atoms with Crippen molar-refractivity contribution >= 4 is 27.3 Å². The predicted octanol–water partition coefficient (Wildman–Crippen LogP) is 1.89. The van der Waals surface area contributed by atoms with Crippen LogP contribution in [0, 0.1) is 24.0 Å². The van der Waals surface area contributed by atoms with E-state index >= 15 is 0 Å². The minimum Gasteiger partial charge on any atom is -0.493 e. The highest BCUT2D eigenvalue weighted by Gasteiger charge is 2.16. The van der Waals surface area contributed by atoms with Gasteiger partial charge in [0.1, 0.15) is 0 Å². The van der Waals surface area contributed by atoms with Crippen LogP contribution in [0.15, 0.2) is 35.2 Å². The Morgan fingerprint density at radius 3 is 2.46 bits per heavy atom. The SMILES string of the molecule is COc1ccc([N+](=O)[O-])cc1OCC(=O)Nc1cc(S(N)(=O)=O)cc(C)c1C.